The number of aromatic amines is 1. The molecule has 3 N–H and O–H groups in total. The average molecular weight is 479 g/mol. The third-order valence-electron chi connectivity index (χ3n) is 1.27. The zero-order valence-electron chi connectivity index (χ0n) is 6.48. The zero-order chi connectivity index (χ0) is 10.6. The first-order valence-corrected chi connectivity index (χ1v) is 9.63. The van der Waals surface area contributed by atoms with Gasteiger partial charge < -0.3 is 0 Å². The molecular formula is C5H4Cl2N5PtSe. The Balaban J connectivity index is 0.000000293. The van der Waals surface area contributed by atoms with Crippen LogP contribution in [0.15, 0.2) is 6.33 Å². The van der Waals surface area contributed by atoms with Gasteiger partial charge in [-0.3, -0.25) is 0 Å². The van der Waals surface area contributed by atoms with E-state index in [2.05, 4.69) is 35.9 Å². The van der Waals surface area contributed by atoms with Gasteiger partial charge in [0.1, 0.15) is 0 Å². The summed E-state index contributed by atoms with van der Waals surface area (Å²) < 4.78 is 0.699. The summed E-state index contributed by atoms with van der Waals surface area (Å²) in [7, 11) is 9.75. The number of anilines is 1. The molecule has 14 heavy (non-hydrogen) atoms. The van der Waals surface area contributed by atoms with E-state index in [9.17, 15) is 0 Å². The Bertz CT molecular complexity index is 421. The van der Waals surface area contributed by atoms with Gasteiger partial charge in [0.15, 0.2) is 0 Å². The van der Waals surface area contributed by atoms with Crippen molar-refractivity contribution in [3.05, 3.63) is 6.33 Å². The number of nitrogen functional groups attached to an aromatic ring is 1. The van der Waals surface area contributed by atoms with E-state index in [0.717, 1.165) is 5.52 Å². The molecule has 79 valence electrons. The number of aromatic nitrogens is 4. The second kappa shape index (κ2) is 5.88. The number of fused-ring (bicyclic) bond motifs is 1. The number of rotatable bonds is 0. The van der Waals surface area contributed by atoms with E-state index >= 15 is 0 Å². The van der Waals surface area contributed by atoms with Gasteiger partial charge >= 0.3 is 105 Å². The van der Waals surface area contributed by atoms with Crippen molar-refractivity contribution in [3.8, 4) is 0 Å². The van der Waals surface area contributed by atoms with Gasteiger partial charge in [-0.2, -0.15) is 0 Å². The summed E-state index contributed by atoms with van der Waals surface area (Å²) in [6.07, 6.45) is 1.56. The minimum absolute atomic E-state index is 0.235. The fraction of sp³-hybridized carbons (Fsp3) is 0. The Hall–Kier alpha value is 0.138. The molecule has 0 aliphatic heterocycles. The number of hydrogen-bond acceptors (Lipinski definition) is 4. The third kappa shape index (κ3) is 3.07. The molecule has 0 bridgehead atoms. The van der Waals surface area contributed by atoms with E-state index < -0.39 is 16.5 Å². The molecule has 0 saturated carbocycles. The summed E-state index contributed by atoms with van der Waals surface area (Å²) in [6, 6.07) is 0. The number of imidazole rings is 1. The Morgan fingerprint density at radius 2 is 2.07 bits per heavy atom. The first-order valence-electron chi connectivity index (χ1n) is 3.15. The molecule has 0 amide bonds. The van der Waals surface area contributed by atoms with Gasteiger partial charge in [-0.05, 0) is 0 Å². The van der Waals surface area contributed by atoms with Gasteiger partial charge in [-0.1, -0.05) is 0 Å². The van der Waals surface area contributed by atoms with Crippen LogP contribution in [-0.4, -0.2) is 35.9 Å². The van der Waals surface area contributed by atoms with Crippen LogP contribution in [0.3, 0.4) is 0 Å². The van der Waals surface area contributed by atoms with E-state index in [1.54, 1.807) is 6.33 Å². The fourth-order valence-electron chi connectivity index (χ4n) is 0.823. The molecule has 2 aromatic rings. The van der Waals surface area contributed by atoms with E-state index in [0.29, 0.717) is 10.2 Å². The quantitative estimate of drug-likeness (QED) is 0.526. The summed E-state index contributed by atoms with van der Waals surface area (Å²) in [5.74, 6) is 0.235. The number of nitrogens with zero attached hydrogens (tertiary/aromatic N) is 3. The van der Waals surface area contributed by atoms with Crippen molar-refractivity contribution in [2.45, 2.75) is 0 Å². The van der Waals surface area contributed by atoms with E-state index in [-0.39, 0.29) is 5.95 Å². The molecule has 2 heterocycles. The van der Waals surface area contributed by atoms with E-state index in [1.807, 2.05) is 0 Å². The number of nitrogens with one attached hydrogen (secondary N) is 1. The average Bonchev–Trinajstić information content (AvgIpc) is 2.53. The molecule has 0 unspecified atom stereocenters. The van der Waals surface area contributed by atoms with Crippen molar-refractivity contribution in [2.75, 3.05) is 5.73 Å². The van der Waals surface area contributed by atoms with Crippen LogP contribution in [0.25, 0.3) is 11.2 Å². The van der Waals surface area contributed by atoms with E-state index in [1.165, 1.54) is 0 Å². The molecule has 2 rings (SSSR count). The van der Waals surface area contributed by atoms with Crippen LogP contribution in [0.1, 0.15) is 0 Å². The summed E-state index contributed by atoms with van der Waals surface area (Å²) in [6.45, 7) is 0. The minimum atomic E-state index is -0.472. The second-order valence-corrected chi connectivity index (χ2v) is 6.13. The number of hydrogen-bond donors (Lipinski definition) is 2. The number of nitrogens with two attached hydrogens (primary N) is 1. The monoisotopic (exact) mass is 479 g/mol. The Kier molecular flexibility index (Phi) is 5.13. The van der Waals surface area contributed by atoms with Gasteiger partial charge in [-0.15, -0.1) is 0 Å². The van der Waals surface area contributed by atoms with Crippen LogP contribution in [0, 0.1) is 0 Å². The summed E-state index contributed by atoms with van der Waals surface area (Å²) >= 11 is 2.30. The standard InChI is InChI=1S/C5H4N5Se.2ClH.Pt/c6-5-9-3-2(4(11)10-5)7-1-8-3;;;/h1H,(H3,6,7,8,9,10);2*1H;/q;;;+2/p-2. The summed E-state index contributed by atoms with van der Waals surface area (Å²) in [5.41, 5.74) is 6.77. The second-order valence-electron chi connectivity index (χ2n) is 2.03. The van der Waals surface area contributed by atoms with Gasteiger partial charge in [0.25, 0.3) is 0 Å². The Morgan fingerprint density at radius 1 is 1.43 bits per heavy atom. The molecule has 2 aromatic heterocycles. The SMILES string of the molecule is Nc1nc([Se])c2[nH]cnc2n1.[Cl][Pt][Cl]. The van der Waals surface area contributed by atoms with Crippen LogP contribution in [-0.2, 0) is 16.5 Å². The zero-order valence-corrected chi connectivity index (χ0v) is 12.0. The molecule has 0 aromatic carbocycles. The third-order valence-corrected chi connectivity index (χ3v) is 1.89. The van der Waals surface area contributed by atoms with Crippen LogP contribution < -0.4 is 10.3 Å². The van der Waals surface area contributed by atoms with Crippen molar-refractivity contribution in [1.82, 2.24) is 19.9 Å². The van der Waals surface area contributed by atoms with Gasteiger partial charge in [0.2, 0.25) is 0 Å². The molecule has 0 spiro atoms. The number of halogens is 2. The normalized spacial score (nSPS) is 9.86. The van der Waals surface area contributed by atoms with Gasteiger partial charge in [0.05, 0.1) is 0 Å². The number of H-pyrrole nitrogens is 1. The molecule has 0 saturated heterocycles. The molecule has 0 aliphatic rings. The predicted octanol–water partition coefficient (Wildman–Crippen LogP) is 0.105. The van der Waals surface area contributed by atoms with Gasteiger partial charge in [-0.25, -0.2) is 0 Å². The maximum atomic E-state index is 5.39. The molecular weight excluding hydrogens is 475 g/mol. The topological polar surface area (TPSA) is 80.5 Å². The summed E-state index contributed by atoms with van der Waals surface area (Å²) in [5, 5.41) is 0. The molecule has 0 atom stereocenters. The molecule has 0 fully saturated rings. The molecule has 0 aliphatic carbocycles. The first kappa shape index (κ1) is 12.2. The molecule has 9 heteroatoms. The predicted molar refractivity (Wildman–Crippen MR) is 53.2 cm³/mol. The van der Waals surface area contributed by atoms with Crippen molar-refractivity contribution in [3.63, 3.8) is 0 Å². The molecule has 1 radical (unpaired) electrons. The van der Waals surface area contributed by atoms with Crippen molar-refractivity contribution in [1.29, 1.82) is 0 Å². The summed E-state index contributed by atoms with van der Waals surface area (Å²) in [4.78, 5) is 14.6. The fourth-order valence-corrected chi connectivity index (χ4v) is 1.33. The van der Waals surface area contributed by atoms with E-state index in [4.69, 9.17) is 24.6 Å². The van der Waals surface area contributed by atoms with Crippen LogP contribution in [0.4, 0.5) is 5.95 Å². The van der Waals surface area contributed by atoms with Crippen molar-refractivity contribution < 1.29 is 16.5 Å². The van der Waals surface area contributed by atoms with Gasteiger partial charge in [0, 0.05) is 0 Å². The van der Waals surface area contributed by atoms with Crippen LogP contribution >= 0.6 is 18.8 Å². The first-order chi connectivity index (χ1) is 6.69. The van der Waals surface area contributed by atoms with Crippen molar-refractivity contribution in [2.24, 2.45) is 0 Å². The van der Waals surface area contributed by atoms with Crippen LogP contribution in [0.5, 0.6) is 0 Å². The Labute approximate surface area is 104 Å². The van der Waals surface area contributed by atoms with Crippen LogP contribution in [0.2, 0.25) is 0 Å². The van der Waals surface area contributed by atoms with Crippen molar-refractivity contribution >= 4 is 56.6 Å². The molecule has 5 nitrogen and oxygen atoms in total. The Morgan fingerprint density at radius 3 is 2.71 bits per heavy atom. The maximum absolute atomic E-state index is 5.39.